The first kappa shape index (κ1) is 19.4. The lowest BCUT2D eigenvalue weighted by molar-refractivity contribution is 0.102. The number of nitrogens with zero attached hydrogens (tertiary/aromatic N) is 3. The zero-order valence-electron chi connectivity index (χ0n) is 14.1. The number of anilines is 1. The summed E-state index contributed by atoms with van der Waals surface area (Å²) in [6.45, 7) is 5.87. The first-order valence-corrected chi connectivity index (χ1v) is 10.0. The minimum atomic E-state index is -3.79. The van der Waals surface area contributed by atoms with Gasteiger partial charge >= 0.3 is 0 Å². The van der Waals surface area contributed by atoms with Gasteiger partial charge in [-0.05, 0) is 24.6 Å². The van der Waals surface area contributed by atoms with Gasteiger partial charge in [-0.2, -0.15) is 4.31 Å². The van der Waals surface area contributed by atoms with E-state index in [1.807, 2.05) is 6.92 Å². The van der Waals surface area contributed by atoms with Gasteiger partial charge in [0.25, 0.3) is 5.91 Å². The lowest BCUT2D eigenvalue weighted by Gasteiger charge is -2.18. The van der Waals surface area contributed by atoms with Crippen molar-refractivity contribution >= 4 is 32.4 Å². The van der Waals surface area contributed by atoms with Gasteiger partial charge in [-0.1, -0.05) is 32.1 Å². The molecule has 136 valence electrons. The molecule has 10 heteroatoms. The number of nitrogens with one attached hydrogen (secondary N) is 1. The zero-order chi connectivity index (χ0) is 18.6. The third-order valence-electron chi connectivity index (χ3n) is 3.52. The molecule has 1 N–H and O–H groups in total. The van der Waals surface area contributed by atoms with E-state index in [0.29, 0.717) is 6.42 Å². The first-order valence-electron chi connectivity index (χ1n) is 7.76. The molecule has 0 spiro atoms. The highest BCUT2D eigenvalue weighted by Gasteiger charge is 2.24. The molecule has 0 unspecified atom stereocenters. The summed E-state index contributed by atoms with van der Waals surface area (Å²) in [4.78, 5) is 12.2. The smallest absolute Gasteiger partial charge is 0.260 e. The number of aryl methyl sites for hydroxylation is 1. The maximum Gasteiger partial charge on any atom is 0.260 e. The van der Waals surface area contributed by atoms with Gasteiger partial charge in [0.05, 0.1) is 10.5 Å². The van der Waals surface area contributed by atoms with Crippen molar-refractivity contribution in [2.75, 3.05) is 18.4 Å². The number of carbonyl (C=O) groups excluding carboxylic acids is 1. The van der Waals surface area contributed by atoms with Gasteiger partial charge in [0, 0.05) is 13.1 Å². The van der Waals surface area contributed by atoms with Crippen LogP contribution in [-0.4, -0.2) is 41.9 Å². The summed E-state index contributed by atoms with van der Waals surface area (Å²) in [5.74, 6) is -1.58. The fourth-order valence-electron chi connectivity index (χ4n) is 2.16. The number of aromatic nitrogens is 2. The van der Waals surface area contributed by atoms with Crippen molar-refractivity contribution in [2.45, 2.75) is 32.1 Å². The van der Waals surface area contributed by atoms with Gasteiger partial charge in [0.15, 0.2) is 0 Å². The maximum absolute atomic E-state index is 14.0. The highest BCUT2D eigenvalue weighted by molar-refractivity contribution is 7.89. The molecule has 0 atom stereocenters. The lowest BCUT2D eigenvalue weighted by Crippen LogP contribution is -2.31. The molecule has 0 bridgehead atoms. The number of carbonyl (C=O) groups is 1. The predicted molar refractivity (Wildman–Crippen MR) is 93.7 cm³/mol. The average molecular weight is 386 g/mol. The Morgan fingerprint density at radius 3 is 2.48 bits per heavy atom. The molecule has 0 radical (unpaired) electrons. The van der Waals surface area contributed by atoms with Crippen LogP contribution in [0, 0.1) is 5.82 Å². The quantitative estimate of drug-likeness (QED) is 0.789. The Kier molecular flexibility index (Phi) is 6.20. The highest BCUT2D eigenvalue weighted by atomic mass is 32.2. The molecular weight excluding hydrogens is 367 g/mol. The third-order valence-corrected chi connectivity index (χ3v) is 6.54. The Hall–Kier alpha value is -1.91. The zero-order valence-corrected chi connectivity index (χ0v) is 15.7. The van der Waals surface area contributed by atoms with Crippen LogP contribution in [0.25, 0.3) is 0 Å². The highest BCUT2D eigenvalue weighted by Crippen LogP contribution is 2.21. The van der Waals surface area contributed by atoms with Crippen LogP contribution in [0.5, 0.6) is 0 Å². The van der Waals surface area contributed by atoms with E-state index in [1.165, 1.54) is 15.6 Å². The molecule has 0 aliphatic rings. The first-order chi connectivity index (χ1) is 11.8. The number of benzene rings is 1. The van der Waals surface area contributed by atoms with Crippen molar-refractivity contribution in [2.24, 2.45) is 0 Å². The molecule has 25 heavy (non-hydrogen) atoms. The molecule has 7 nitrogen and oxygen atoms in total. The van der Waals surface area contributed by atoms with Gasteiger partial charge in [-0.25, -0.2) is 12.8 Å². The van der Waals surface area contributed by atoms with Crippen LogP contribution >= 0.6 is 11.3 Å². The van der Waals surface area contributed by atoms with Gasteiger partial charge < -0.3 is 0 Å². The van der Waals surface area contributed by atoms with Crippen molar-refractivity contribution in [3.63, 3.8) is 0 Å². The van der Waals surface area contributed by atoms with Crippen molar-refractivity contribution in [3.8, 4) is 0 Å². The second-order valence-corrected chi connectivity index (χ2v) is 8.04. The number of amides is 1. The van der Waals surface area contributed by atoms with Crippen LogP contribution < -0.4 is 5.32 Å². The van der Waals surface area contributed by atoms with Crippen molar-refractivity contribution in [1.82, 2.24) is 14.5 Å². The van der Waals surface area contributed by atoms with E-state index >= 15 is 0 Å². The molecule has 0 aliphatic carbocycles. The standard InChI is InChI=1S/C15H19FN4O3S2/c1-4-13-18-19-15(24-13)17-14(21)11-9-10(7-8-12(11)16)25(22,23)20(5-2)6-3/h7-9H,4-6H2,1-3H3,(H,17,19,21). The molecule has 0 saturated heterocycles. The van der Waals surface area contributed by atoms with Crippen LogP contribution in [0.1, 0.15) is 36.1 Å². The molecule has 0 fully saturated rings. The van der Waals surface area contributed by atoms with Crippen molar-refractivity contribution in [3.05, 3.63) is 34.6 Å². The van der Waals surface area contributed by atoms with Crippen LogP contribution in [0.2, 0.25) is 0 Å². The Morgan fingerprint density at radius 2 is 1.92 bits per heavy atom. The predicted octanol–water partition coefficient (Wildman–Crippen LogP) is 2.52. The van der Waals surface area contributed by atoms with Crippen LogP contribution in [0.4, 0.5) is 9.52 Å². The summed E-state index contributed by atoms with van der Waals surface area (Å²) in [5, 5.41) is 11.1. The van der Waals surface area contributed by atoms with Gasteiger partial charge in [-0.15, -0.1) is 10.2 Å². The molecule has 1 aromatic heterocycles. The summed E-state index contributed by atoms with van der Waals surface area (Å²) in [7, 11) is -3.79. The summed E-state index contributed by atoms with van der Waals surface area (Å²) in [6, 6.07) is 3.17. The molecule has 1 aromatic carbocycles. The molecule has 2 aromatic rings. The Morgan fingerprint density at radius 1 is 1.24 bits per heavy atom. The normalized spacial score (nSPS) is 11.7. The fraction of sp³-hybridized carbons (Fsp3) is 0.400. The van der Waals surface area contributed by atoms with Crippen molar-refractivity contribution < 1.29 is 17.6 Å². The van der Waals surface area contributed by atoms with Gasteiger partial charge in [0.2, 0.25) is 15.2 Å². The lowest BCUT2D eigenvalue weighted by atomic mass is 10.2. The third kappa shape index (κ3) is 4.20. The SMILES string of the molecule is CCc1nnc(NC(=O)c2cc(S(=O)(=O)N(CC)CC)ccc2F)s1. The van der Waals surface area contributed by atoms with Gasteiger partial charge in [0.1, 0.15) is 10.8 Å². The van der Waals surface area contributed by atoms with E-state index in [2.05, 4.69) is 15.5 Å². The summed E-state index contributed by atoms with van der Waals surface area (Å²) in [5.41, 5.74) is -0.360. The Labute approximate surface area is 149 Å². The van der Waals surface area contributed by atoms with E-state index in [0.717, 1.165) is 23.2 Å². The molecule has 1 heterocycles. The number of sulfonamides is 1. The minimum absolute atomic E-state index is 0.130. The molecule has 0 saturated carbocycles. The molecule has 1 amide bonds. The Balaban J connectivity index is 2.33. The van der Waals surface area contributed by atoms with E-state index in [-0.39, 0.29) is 28.7 Å². The second-order valence-electron chi connectivity index (χ2n) is 5.04. The average Bonchev–Trinajstić information content (AvgIpc) is 3.03. The molecular formula is C15H19FN4O3S2. The topological polar surface area (TPSA) is 92.3 Å². The second kappa shape index (κ2) is 7.98. The monoisotopic (exact) mass is 386 g/mol. The van der Waals surface area contributed by atoms with Crippen LogP contribution in [0.15, 0.2) is 23.1 Å². The van der Waals surface area contributed by atoms with E-state index in [9.17, 15) is 17.6 Å². The summed E-state index contributed by atoms with van der Waals surface area (Å²) in [6.07, 6.45) is 0.666. The van der Waals surface area contributed by atoms with E-state index in [4.69, 9.17) is 0 Å². The number of halogens is 1. The van der Waals surface area contributed by atoms with Gasteiger partial charge in [-0.3, -0.25) is 10.1 Å². The largest absolute Gasteiger partial charge is 0.296 e. The number of hydrogen-bond donors (Lipinski definition) is 1. The summed E-state index contributed by atoms with van der Waals surface area (Å²) >= 11 is 1.18. The van der Waals surface area contributed by atoms with Crippen LogP contribution in [0.3, 0.4) is 0 Å². The fourth-order valence-corrected chi connectivity index (χ4v) is 4.32. The van der Waals surface area contributed by atoms with E-state index < -0.39 is 21.7 Å². The number of hydrogen-bond acceptors (Lipinski definition) is 6. The number of rotatable bonds is 7. The molecule has 0 aliphatic heterocycles. The minimum Gasteiger partial charge on any atom is -0.296 e. The van der Waals surface area contributed by atoms with Crippen molar-refractivity contribution in [1.29, 1.82) is 0 Å². The molecule has 2 rings (SSSR count). The Bertz CT molecular complexity index is 863. The van der Waals surface area contributed by atoms with E-state index in [1.54, 1.807) is 13.8 Å². The summed E-state index contributed by atoms with van der Waals surface area (Å²) < 4.78 is 40.3. The maximum atomic E-state index is 14.0. The van der Waals surface area contributed by atoms with Crippen LogP contribution in [-0.2, 0) is 16.4 Å².